The predicted octanol–water partition coefficient (Wildman–Crippen LogP) is 1.52. The Balaban J connectivity index is 2.40. The molecule has 1 saturated carbocycles. The molecule has 0 bridgehead atoms. The molecule has 3 heteroatoms. The molecule has 1 aliphatic carbocycles. The van der Waals surface area contributed by atoms with Crippen LogP contribution in [-0.4, -0.2) is 23.8 Å². The van der Waals surface area contributed by atoms with Crippen LogP contribution < -0.4 is 0 Å². The molecule has 0 aromatic heterocycles. The van der Waals surface area contributed by atoms with Crippen molar-refractivity contribution in [3.63, 3.8) is 0 Å². The van der Waals surface area contributed by atoms with Crippen molar-refractivity contribution >= 4 is 21.7 Å². The van der Waals surface area contributed by atoms with E-state index < -0.39 is 0 Å². The van der Waals surface area contributed by atoms with Crippen LogP contribution in [-0.2, 0) is 9.53 Å². The number of carbonyl (C=O) groups is 1. The van der Waals surface area contributed by atoms with Gasteiger partial charge in [0, 0.05) is 13.5 Å². The molecule has 1 fully saturated rings. The van der Waals surface area contributed by atoms with Gasteiger partial charge in [0.1, 0.15) is 5.78 Å². The van der Waals surface area contributed by atoms with Crippen LogP contribution >= 0.6 is 15.9 Å². The molecule has 10 heavy (non-hydrogen) atoms. The summed E-state index contributed by atoms with van der Waals surface area (Å²) >= 11 is 3.31. The Bertz CT molecular complexity index is 136. The van der Waals surface area contributed by atoms with E-state index >= 15 is 0 Å². The van der Waals surface area contributed by atoms with Gasteiger partial charge in [0.05, 0.1) is 10.9 Å². The molecule has 0 aromatic carbocycles. The fourth-order valence-corrected chi connectivity index (χ4v) is 1.80. The van der Waals surface area contributed by atoms with Gasteiger partial charge in [0.15, 0.2) is 0 Å². The molecule has 1 rings (SSSR count). The Morgan fingerprint density at radius 2 is 2.40 bits per heavy atom. The highest BCUT2D eigenvalue weighted by Crippen LogP contribution is 2.22. The molecule has 0 aliphatic heterocycles. The van der Waals surface area contributed by atoms with E-state index in [1.807, 2.05) is 0 Å². The normalized spacial score (nSPS) is 34.4. The number of ketones is 1. The highest BCUT2D eigenvalue weighted by molar-refractivity contribution is 9.10. The maximum absolute atomic E-state index is 11.0. The molecule has 0 N–H and O–H groups in total. The van der Waals surface area contributed by atoms with Gasteiger partial charge in [-0.2, -0.15) is 0 Å². The molecule has 0 amide bonds. The minimum Gasteiger partial charge on any atom is -0.381 e. The van der Waals surface area contributed by atoms with Crippen molar-refractivity contribution in [2.75, 3.05) is 7.11 Å². The van der Waals surface area contributed by atoms with Crippen molar-refractivity contribution < 1.29 is 9.53 Å². The summed E-state index contributed by atoms with van der Waals surface area (Å²) in [5.74, 6) is 0.313. The number of methoxy groups -OCH3 is 1. The van der Waals surface area contributed by atoms with Crippen molar-refractivity contribution in [1.29, 1.82) is 0 Å². The average Bonchev–Trinajstić information content (AvgIpc) is 1.95. The topological polar surface area (TPSA) is 26.3 Å². The second-order valence-electron chi connectivity index (χ2n) is 2.57. The zero-order chi connectivity index (χ0) is 7.56. The van der Waals surface area contributed by atoms with E-state index in [9.17, 15) is 4.79 Å². The van der Waals surface area contributed by atoms with Crippen molar-refractivity contribution in [3.05, 3.63) is 0 Å². The minimum absolute atomic E-state index is 0.0335. The largest absolute Gasteiger partial charge is 0.381 e. The third-order valence-corrected chi connectivity index (χ3v) is 2.75. The monoisotopic (exact) mass is 206 g/mol. The summed E-state index contributed by atoms with van der Waals surface area (Å²) in [7, 11) is 1.69. The maximum Gasteiger partial charge on any atom is 0.146 e. The van der Waals surface area contributed by atoms with E-state index in [0.29, 0.717) is 12.2 Å². The molecule has 1 aliphatic rings. The Morgan fingerprint density at radius 3 is 2.90 bits per heavy atom. The number of Topliss-reactive ketones (excluding diaryl/α,β-unsaturated/α-hetero) is 1. The quantitative estimate of drug-likeness (QED) is 0.609. The van der Waals surface area contributed by atoms with Gasteiger partial charge in [-0.05, 0) is 12.8 Å². The number of ether oxygens (including phenoxy) is 1. The molecule has 0 saturated heterocycles. The minimum atomic E-state index is 0.0335. The van der Waals surface area contributed by atoms with E-state index in [1.165, 1.54) is 0 Å². The molecule has 0 heterocycles. The van der Waals surface area contributed by atoms with E-state index in [2.05, 4.69) is 15.9 Å². The molecule has 0 radical (unpaired) electrons. The summed E-state index contributed by atoms with van der Waals surface area (Å²) in [6.07, 6.45) is 2.66. The SMILES string of the molecule is COC1CCC(=O)C(Br)C1. The summed E-state index contributed by atoms with van der Waals surface area (Å²) < 4.78 is 5.13. The Hall–Kier alpha value is 0.110. The fourth-order valence-electron chi connectivity index (χ4n) is 1.15. The van der Waals surface area contributed by atoms with Crippen molar-refractivity contribution in [2.45, 2.75) is 30.2 Å². The molecular formula is C7H11BrO2. The van der Waals surface area contributed by atoms with Crippen LogP contribution in [0.2, 0.25) is 0 Å². The van der Waals surface area contributed by atoms with Crippen molar-refractivity contribution in [3.8, 4) is 0 Å². The molecular weight excluding hydrogens is 196 g/mol. The molecule has 0 spiro atoms. The molecule has 2 nitrogen and oxygen atoms in total. The third-order valence-electron chi connectivity index (χ3n) is 1.87. The molecule has 2 atom stereocenters. The first kappa shape index (κ1) is 8.21. The standard InChI is InChI=1S/C7H11BrO2/c1-10-5-2-3-7(9)6(8)4-5/h5-6H,2-4H2,1H3. The highest BCUT2D eigenvalue weighted by Gasteiger charge is 2.25. The second kappa shape index (κ2) is 3.49. The van der Waals surface area contributed by atoms with E-state index in [1.54, 1.807) is 7.11 Å². The lowest BCUT2D eigenvalue weighted by molar-refractivity contribution is -0.121. The summed E-state index contributed by atoms with van der Waals surface area (Å²) in [5, 5.41) is 0. The number of hydrogen-bond acceptors (Lipinski definition) is 2. The summed E-state index contributed by atoms with van der Waals surface area (Å²) in [6, 6.07) is 0. The first-order valence-electron chi connectivity index (χ1n) is 3.43. The molecule has 0 aromatic rings. The van der Waals surface area contributed by atoms with Crippen LogP contribution in [0.3, 0.4) is 0 Å². The zero-order valence-electron chi connectivity index (χ0n) is 5.97. The summed E-state index contributed by atoms with van der Waals surface area (Å²) in [4.78, 5) is 11.0. The lowest BCUT2D eigenvalue weighted by Gasteiger charge is -2.22. The number of rotatable bonds is 1. The van der Waals surface area contributed by atoms with Crippen LogP contribution in [0.5, 0.6) is 0 Å². The van der Waals surface area contributed by atoms with Crippen molar-refractivity contribution in [1.82, 2.24) is 0 Å². The van der Waals surface area contributed by atoms with Gasteiger partial charge in [-0.1, -0.05) is 15.9 Å². The lowest BCUT2D eigenvalue weighted by atomic mass is 9.96. The number of halogens is 1. The first-order valence-corrected chi connectivity index (χ1v) is 4.35. The Labute approximate surface area is 69.1 Å². The first-order chi connectivity index (χ1) is 4.74. The summed E-state index contributed by atoms with van der Waals surface area (Å²) in [5.41, 5.74) is 0. The van der Waals surface area contributed by atoms with Crippen LogP contribution in [0.25, 0.3) is 0 Å². The maximum atomic E-state index is 11.0. The third kappa shape index (κ3) is 1.80. The smallest absolute Gasteiger partial charge is 0.146 e. The molecule has 58 valence electrons. The van der Waals surface area contributed by atoms with Crippen LogP contribution in [0.15, 0.2) is 0 Å². The van der Waals surface area contributed by atoms with Gasteiger partial charge < -0.3 is 4.74 Å². The van der Waals surface area contributed by atoms with E-state index in [0.717, 1.165) is 12.8 Å². The Kier molecular flexibility index (Phi) is 2.86. The van der Waals surface area contributed by atoms with Gasteiger partial charge in [-0.25, -0.2) is 0 Å². The fraction of sp³-hybridized carbons (Fsp3) is 0.857. The van der Waals surface area contributed by atoms with Gasteiger partial charge in [0.2, 0.25) is 0 Å². The summed E-state index contributed by atoms with van der Waals surface area (Å²) in [6.45, 7) is 0. The van der Waals surface area contributed by atoms with E-state index in [-0.39, 0.29) is 10.9 Å². The van der Waals surface area contributed by atoms with Gasteiger partial charge >= 0.3 is 0 Å². The number of hydrogen-bond donors (Lipinski definition) is 0. The van der Waals surface area contributed by atoms with Gasteiger partial charge in [-0.3, -0.25) is 4.79 Å². The van der Waals surface area contributed by atoms with Gasteiger partial charge in [0.25, 0.3) is 0 Å². The van der Waals surface area contributed by atoms with Crippen LogP contribution in [0.1, 0.15) is 19.3 Å². The lowest BCUT2D eigenvalue weighted by Crippen LogP contribution is -2.29. The van der Waals surface area contributed by atoms with Gasteiger partial charge in [-0.15, -0.1) is 0 Å². The van der Waals surface area contributed by atoms with Crippen molar-refractivity contribution in [2.24, 2.45) is 0 Å². The molecule has 2 unspecified atom stereocenters. The average molecular weight is 207 g/mol. The zero-order valence-corrected chi connectivity index (χ0v) is 7.56. The predicted molar refractivity (Wildman–Crippen MR) is 42.4 cm³/mol. The van der Waals surface area contributed by atoms with E-state index in [4.69, 9.17) is 4.74 Å². The number of carbonyl (C=O) groups excluding carboxylic acids is 1. The highest BCUT2D eigenvalue weighted by atomic mass is 79.9. The van der Waals surface area contributed by atoms with Crippen LogP contribution in [0.4, 0.5) is 0 Å². The second-order valence-corrected chi connectivity index (χ2v) is 3.67. The Morgan fingerprint density at radius 1 is 1.70 bits per heavy atom. The van der Waals surface area contributed by atoms with Crippen LogP contribution in [0, 0.1) is 0 Å². The number of alkyl halides is 1.